The molecule has 0 fully saturated rings. The molecule has 0 N–H and O–H groups in total. The summed E-state index contributed by atoms with van der Waals surface area (Å²) >= 11 is 0. The Kier molecular flexibility index (Phi) is 7.85. The first kappa shape index (κ1) is 31.6. The molecule has 0 radical (unpaired) electrons. The summed E-state index contributed by atoms with van der Waals surface area (Å²) in [6, 6.07) is 75.7. The van der Waals surface area contributed by atoms with Gasteiger partial charge in [0.2, 0.25) is 0 Å². The summed E-state index contributed by atoms with van der Waals surface area (Å²) in [4.78, 5) is 2.36. The predicted octanol–water partition coefficient (Wildman–Crippen LogP) is 14.9. The zero-order valence-corrected chi connectivity index (χ0v) is 29.6. The lowest BCUT2D eigenvalue weighted by atomic mass is 9.95. The maximum Gasteiger partial charge on any atom is 0.143 e. The molecule has 10 rings (SSSR count). The summed E-state index contributed by atoms with van der Waals surface area (Å²) in [5.74, 6) is 0. The Morgan fingerprint density at radius 2 is 0.778 bits per heavy atom. The van der Waals surface area contributed by atoms with Crippen molar-refractivity contribution in [1.82, 2.24) is 0 Å². The van der Waals surface area contributed by atoms with Crippen LogP contribution >= 0.6 is 0 Å². The van der Waals surface area contributed by atoms with Crippen molar-refractivity contribution < 1.29 is 4.42 Å². The van der Waals surface area contributed by atoms with E-state index in [9.17, 15) is 0 Å². The minimum absolute atomic E-state index is 0.874. The normalized spacial score (nSPS) is 11.3. The molecule has 2 nitrogen and oxygen atoms in total. The minimum atomic E-state index is 0.874. The zero-order valence-electron chi connectivity index (χ0n) is 29.6. The van der Waals surface area contributed by atoms with Crippen molar-refractivity contribution in [2.45, 2.75) is 0 Å². The van der Waals surface area contributed by atoms with Crippen LogP contribution in [0.3, 0.4) is 0 Å². The number of para-hydroxylation sites is 1. The standard InChI is InChI=1S/C52H35NO/c1-4-14-36(15-5-1)38-24-29-42(30-25-38)53(43-31-26-39(27-32-43)37-16-6-2-7-17-37)50-23-13-12-20-44(50)41-28-33-46-49-35-48(40-18-8-3-9-19-40)45-21-10-11-22-47(45)52(49)54-51(46)34-41/h1-35H. The number of anilines is 3. The van der Waals surface area contributed by atoms with Crippen molar-refractivity contribution in [2.24, 2.45) is 0 Å². The van der Waals surface area contributed by atoms with Gasteiger partial charge < -0.3 is 9.32 Å². The van der Waals surface area contributed by atoms with Crippen molar-refractivity contribution in [3.8, 4) is 44.5 Å². The molecule has 0 spiro atoms. The highest BCUT2D eigenvalue weighted by Gasteiger charge is 2.20. The number of hydrogen-bond acceptors (Lipinski definition) is 2. The summed E-state index contributed by atoms with van der Waals surface area (Å²) in [6.45, 7) is 0. The van der Waals surface area contributed by atoms with Gasteiger partial charge in [-0.1, -0.05) is 164 Å². The van der Waals surface area contributed by atoms with Crippen molar-refractivity contribution in [2.75, 3.05) is 4.90 Å². The van der Waals surface area contributed by atoms with Crippen LogP contribution in [0.2, 0.25) is 0 Å². The largest absolute Gasteiger partial charge is 0.455 e. The fourth-order valence-corrected chi connectivity index (χ4v) is 7.83. The Labute approximate surface area is 314 Å². The van der Waals surface area contributed by atoms with Crippen LogP contribution in [0.15, 0.2) is 217 Å². The second-order valence-corrected chi connectivity index (χ2v) is 13.7. The van der Waals surface area contributed by atoms with E-state index in [2.05, 4.69) is 217 Å². The van der Waals surface area contributed by atoms with Crippen LogP contribution in [-0.4, -0.2) is 0 Å². The van der Waals surface area contributed by atoms with E-state index < -0.39 is 0 Å². The van der Waals surface area contributed by atoms with Gasteiger partial charge in [0.15, 0.2) is 0 Å². The van der Waals surface area contributed by atoms with Gasteiger partial charge >= 0.3 is 0 Å². The number of hydrogen-bond donors (Lipinski definition) is 0. The average molecular weight is 690 g/mol. The number of furan rings is 1. The third-order valence-electron chi connectivity index (χ3n) is 10.5. The quantitative estimate of drug-likeness (QED) is 0.166. The molecule has 54 heavy (non-hydrogen) atoms. The van der Waals surface area contributed by atoms with Crippen LogP contribution < -0.4 is 4.90 Å². The molecule has 0 aliphatic heterocycles. The topological polar surface area (TPSA) is 16.4 Å². The molecular formula is C52H35NO. The molecule has 2 heteroatoms. The predicted molar refractivity (Wildman–Crippen MR) is 228 cm³/mol. The van der Waals surface area contributed by atoms with Gasteiger partial charge in [-0.2, -0.15) is 0 Å². The lowest BCUT2D eigenvalue weighted by molar-refractivity contribution is 0.673. The summed E-state index contributed by atoms with van der Waals surface area (Å²) in [5, 5.41) is 4.55. The molecular weight excluding hydrogens is 655 g/mol. The smallest absolute Gasteiger partial charge is 0.143 e. The van der Waals surface area contributed by atoms with E-state index in [0.29, 0.717) is 0 Å². The van der Waals surface area contributed by atoms with E-state index in [0.717, 1.165) is 55.5 Å². The van der Waals surface area contributed by atoms with Gasteiger partial charge in [0.1, 0.15) is 11.2 Å². The van der Waals surface area contributed by atoms with Crippen LogP contribution in [0.5, 0.6) is 0 Å². The van der Waals surface area contributed by atoms with Crippen molar-refractivity contribution >= 4 is 49.8 Å². The summed E-state index contributed by atoms with van der Waals surface area (Å²) < 4.78 is 6.79. The number of rotatable bonds is 7. The number of fused-ring (bicyclic) bond motifs is 5. The summed E-state index contributed by atoms with van der Waals surface area (Å²) in [6.07, 6.45) is 0. The molecule has 0 saturated heterocycles. The third-order valence-corrected chi connectivity index (χ3v) is 10.5. The van der Waals surface area contributed by atoms with Crippen molar-refractivity contribution in [1.29, 1.82) is 0 Å². The van der Waals surface area contributed by atoms with Crippen LogP contribution in [0, 0.1) is 0 Å². The SMILES string of the molecule is c1ccc(-c2ccc(N(c3ccc(-c4ccccc4)cc3)c3ccccc3-c3ccc4c(c3)oc3c5ccccc5c(-c5ccccc5)cc43)cc2)cc1. The highest BCUT2D eigenvalue weighted by Crippen LogP contribution is 2.44. The lowest BCUT2D eigenvalue weighted by Gasteiger charge is -2.28. The molecule has 0 unspecified atom stereocenters. The first-order chi connectivity index (χ1) is 26.8. The first-order valence-electron chi connectivity index (χ1n) is 18.4. The Bertz CT molecular complexity index is 2810. The zero-order chi connectivity index (χ0) is 35.8. The summed E-state index contributed by atoms with van der Waals surface area (Å²) in [5.41, 5.74) is 14.4. The molecule has 1 aromatic heterocycles. The number of nitrogens with zero attached hydrogens (tertiary/aromatic N) is 1. The Morgan fingerprint density at radius 3 is 1.39 bits per heavy atom. The Balaban J connectivity index is 1.12. The van der Waals surface area contributed by atoms with Gasteiger partial charge in [-0.05, 0) is 92.9 Å². The van der Waals surface area contributed by atoms with Crippen molar-refractivity contribution in [3.63, 3.8) is 0 Å². The molecule has 254 valence electrons. The Hall–Kier alpha value is -7.16. The van der Waals surface area contributed by atoms with E-state index >= 15 is 0 Å². The van der Waals surface area contributed by atoms with Gasteiger partial charge in [0.05, 0.1) is 5.69 Å². The van der Waals surface area contributed by atoms with Crippen LogP contribution in [0.1, 0.15) is 0 Å². The van der Waals surface area contributed by atoms with E-state index in [1.165, 1.54) is 38.8 Å². The number of benzene rings is 9. The second kappa shape index (κ2) is 13.4. The maximum atomic E-state index is 6.79. The van der Waals surface area contributed by atoms with Gasteiger partial charge in [-0.3, -0.25) is 0 Å². The van der Waals surface area contributed by atoms with E-state index in [1.807, 2.05) is 0 Å². The average Bonchev–Trinajstić information content (AvgIpc) is 3.63. The molecule has 0 atom stereocenters. The third kappa shape index (κ3) is 5.62. The Morgan fingerprint density at radius 1 is 0.296 bits per heavy atom. The van der Waals surface area contributed by atoms with E-state index in [1.54, 1.807) is 0 Å². The highest BCUT2D eigenvalue weighted by molar-refractivity contribution is 6.19. The fourth-order valence-electron chi connectivity index (χ4n) is 7.83. The molecule has 9 aromatic carbocycles. The van der Waals surface area contributed by atoms with Crippen LogP contribution in [-0.2, 0) is 0 Å². The maximum absolute atomic E-state index is 6.79. The van der Waals surface area contributed by atoms with Gasteiger partial charge in [0.25, 0.3) is 0 Å². The monoisotopic (exact) mass is 689 g/mol. The summed E-state index contributed by atoms with van der Waals surface area (Å²) in [7, 11) is 0. The van der Waals surface area contributed by atoms with E-state index in [-0.39, 0.29) is 0 Å². The van der Waals surface area contributed by atoms with Crippen LogP contribution in [0.25, 0.3) is 77.2 Å². The van der Waals surface area contributed by atoms with Gasteiger partial charge in [0, 0.05) is 33.1 Å². The molecule has 0 aliphatic carbocycles. The van der Waals surface area contributed by atoms with Crippen molar-refractivity contribution in [3.05, 3.63) is 212 Å². The fraction of sp³-hybridized carbons (Fsp3) is 0. The minimum Gasteiger partial charge on any atom is -0.455 e. The molecule has 0 bridgehead atoms. The highest BCUT2D eigenvalue weighted by atomic mass is 16.3. The first-order valence-corrected chi connectivity index (χ1v) is 18.4. The van der Waals surface area contributed by atoms with Gasteiger partial charge in [-0.15, -0.1) is 0 Å². The molecule has 0 saturated carbocycles. The molecule has 0 amide bonds. The molecule has 0 aliphatic rings. The van der Waals surface area contributed by atoms with Gasteiger partial charge in [-0.25, -0.2) is 0 Å². The molecule has 1 heterocycles. The second-order valence-electron chi connectivity index (χ2n) is 13.7. The van der Waals surface area contributed by atoms with Crippen LogP contribution in [0.4, 0.5) is 17.1 Å². The molecule has 10 aromatic rings. The van der Waals surface area contributed by atoms with E-state index in [4.69, 9.17) is 4.42 Å². The lowest BCUT2D eigenvalue weighted by Crippen LogP contribution is -2.11.